The molecule has 1 aromatic heterocycles. The summed E-state index contributed by atoms with van der Waals surface area (Å²) in [5, 5.41) is 11.5. The van der Waals surface area contributed by atoms with E-state index in [1.807, 2.05) is 18.2 Å². The van der Waals surface area contributed by atoms with E-state index in [-0.39, 0.29) is 5.91 Å². The zero-order chi connectivity index (χ0) is 14.4. The van der Waals surface area contributed by atoms with Gasteiger partial charge in [-0.2, -0.15) is 0 Å². The fourth-order valence-corrected chi connectivity index (χ4v) is 3.28. The summed E-state index contributed by atoms with van der Waals surface area (Å²) in [6.07, 6.45) is 0.411. The van der Waals surface area contributed by atoms with Gasteiger partial charge in [-0.1, -0.05) is 52.9 Å². The van der Waals surface area contributed by atoms with E-state index in [0.717, 1.165) is 9.90 Å². The number of nitrogens with one attached hydrogen (secondary N) is 1. The van der Waals surface area contributed by atoms with E-state index in [0.29, 0.717) is 28.9 Å². The number of nitrogens with two attached hydrogens (primary N) is 1. The van der Waals surface area contributed by atoms with Crippen LogP contribution in [0.4, 0.5) is 5.13 Å². The van der Waals surface area contributed by atoms with Gasteiger partial charge in [0.25, 0.3) is 0 Å². The first-order valence-corrected chi connectivity index (χ1v) is 8.05. The third kappa shape index (κ3) is 4.66. The highest BCUT2D eigenvalue weighted by Crippen LogP contribution is 2.23. The van der Waals surface area contributed by atoms with Crippen molar-refractivity contribution in [1.82, 2.24) is 15.5 Å². The van der Waals surface area contributed by atoms with Gasteiger partial charge in [0, 0.05) is 23.7 Å². The van der Waals surface area contributed by atoms with E-state index in [4.69, 9.17) is 17.3 Å². The number of nitrogen functional groups attached to an aromatic ring is 1. The van der Waals surface area contributed by atoms with E-state index in [1.165, 1.54) is 23.1 Å². The molecule has 1 aromatic carbocycles. The molecule has 106 valence electrons. The molecule has 0 spiro atoms. The van der Waals surface area contributed by atoms with Crippen molar-refractivity contribution >= 4 is 45.7 Å². The van der Waals surface area contributed by atoms with Gasteiger partial charge in [-0.15, -0.1) is 10.2 Å². The Morgan fingerprint density at radius 3 is 2.90 bits per heavy atom. The molecule has 2 aromatic rings. The van der Waals surface area contributed by atoms with Crippen LogP contribution in [0.3, 0.4) is 0 Å². The summed E-state index contributed by atoms with van der Waals surface area (Å²) in [5.74, 6) is 0.623. The number of halogens is 1. The van der Waals surface area contributed by atoms with Crippen molar-refractivity contribution in [2.24, 2.45) is 0 Å². The van der Waals surface area contributed by atoms with Gasteiger partial charge < -0.3 is 11.1 Å². The summed E-state index contributed by atoms with van der Waals surface area (Å²) in [4.78, 5) is 11.7. The highest BCUT2D eigenvalue weighted by atomic mass is 35.5. The summed E-state index contributed by atoms with van der Waals surface area (Å²) in [7, 11) is 0. The number of benzene rings is 1. The van der Waals surface area contributed by atoms with Crippen molar-refractivity contribution in [2.45, 2.75) is 17.3 Å². The molecule has 1 amide bonds. The molecule has 2 rings (SSSR count). The second-order valence-corrected chi connectivity index (χ2v) is 6.63. The molecule has 1 heterocycles. The molecular weight excluding hydrogens is 316 g/mol. The molecule has 0 saturated heterocycles. The van der Waals surface area contributed by atoms with Crippen molar-refractivity contribution in [3.8, 4) is 0 Å². The zero-order valence-electron chi connectivity index (χ0n) is 10.5. The highest BCUT2D eigenvalue weighted by Gasteiger charge is 2.06. The summed E-state index contributed by atoms with van der Waals surface area (Å²) in [5.41, 5.74) is 6.39. The second-order valence-electron chi connectivity index (χ2n) is 3.87. The molecule has 20 heavy (non-hydrogen) atoms. The Hall–Kier alpha value is -1.31. The Bertz CT molecular complexity index is 590. The predicted octanol–water partition coefficient (Wildman–Crippen LogP) is 2.57. The Balaban J connectivity index is 1.69. The van der Waals surface area contributed by atoms with Crippen LogP contribution in [0.15, 0.2) is 28.6 Å². The van der Waals surface area contributed by atoms with Gasteiger partial charge in [-0.05, 0) is 11.6 Å². The van der Waals surface area contributed by atoms with Crippen LogP contribution in [0.25, 0.3) is 0 Å². The second kappa shape index (κ2) is 7.47. The number of hydrogen-bond donors (Lipinski definition) is 2. The van der Waals surface area contributed by atoms with Crippen molar-refractivity contribution in [2.75, 3.05) is 11.5 Å². The number of rotatable bonds is 6. The van der Waals surface area contributed by atoms with E-state index in [1.54, 1.807) is 6.07 Å². The first-order chi connectivity index (χ1) is 9.65. The van der Waals surface area contributed by atoms with E-state index in [2.05, 4.69) is 15.5 Å². The number of nitrogens with zero attached hydrogens (tertiary/aromatic N) is 2. The fourth-order valence-electron chi connectivity index (χ4n) is 1.43. The molecule has 0 fully saturated rings. The summed E-state index contributed by atoms with van der Waals surface area (Å²) < 4.78 is 0.779. The number of carbonyl (C=O) groups excluding carboxylic acids is 1. The lowest BCUT2D eigenvalue weighted by Crippen LogP contribution is -2.23. The zero-order valence-corrected chi connectivity index (χ0v) is 12.9. The highest BCUT2D eigenvalue weighted by molar-refractivity contribution is 8.01. The summed E-state index contributed by atoms with van der Waals surface area (Å²) in [6.45, 7) is 0.439. The first-order valence-electron chi connectivity index (χ1n) is 5.87. The Morgan fingerprint density at radius 1 is 1.40 bits per heavy atom. The Labute approximate surface area is 129 Å². The van der Waals surface area contributed by atoms with Gasteiger partial charge in [0.15, 0.2) is 4.34 Å². The van der Waals surface area contributed by atoms with Crippen molar-refractivity contribution < 1.29 is 4.79 Å². The van der Waals surface area contributed by atoms with E-state index < -0.39 is 0 Å². The van der Waals surface area contributed by atoms with Crippen LogP contribution in [-0.4, -0.2) is 21.9 Å². The van der Waals surface area contributed by atoms with Crippen LogP contribution in [0, 0.1) is 0 Å². The van der Waals surface area contributed by atoms with Gasteiger partial charge in [0.2, 0.25) is 11.0 Å². The molecule has 5 nitrogen and oxygen atoms in total. The molecule has 0 atom stereocenters. The number of carbonyl (C=O) groups is 1. The van der Waals surface area contributed by atoms with Gasteiger partial charge in [-0.3, -0.25) is 4.79 Å². The molecule has 0 unspecified atom stereocenters. The minimum Gasteiger partial charge on any atom is -0.374 e. The molecule has 0 aliphatic carbocycles. The van der Waals surface area contributed by atoms with Crippen molar-refractivity contribution in [1.29, 1.82) is 0 Å². The standard InChI is InChI=1S/C12H13ClN4OS2/c13-9-4-2-1-3-8(9)7-15-10(18)5-6-19-12-17-16-11(14)20-12/h1-4H,5-7H2,(H2,14,16)(H,15,18). The summed E-state index contributed by atoms with van der Waals surface area (Å²) >= 11 is 8.81. The summed E-state index contributed by atoms with van der Waals surface area (Å²) in [6, 6.07) is 7.45. The normalized spacial score (nSPS) is 10.4. The predicted molar refractivity (Wildman–Crippen MR) is 83.0 cm³/mol. The molecule has 0 saturated carbocycles. The Morgan fingerprint density at radius 2 is 2.20 bits per heavy atom. The number of thioether (sulfide) groups is 1. The quantitative estimate of drug-likeness (QED) is 0.796. The fraction of sp³-hybridized carbons (Fsp3) is 0.250. The third-order valence-electron chi connectivity index (χ3n) is 2.41. The first kappa shape index (κ1) is 15.1. The lowest BCUT2D eigenvalue weighted by Gasteiger charge is -2.06. The van der Waals surface area contributed by atoms with Crippen LogP contribution >= 0.6 is 34.7 Å². The monoisotopic (exact) mass is 328 g/mol. The smallest absolute Gasteiger partial charge is 0.221 e. The number of amides is 1. The minimum atomic E-state index is -0.0186. The molecular formula is C12H13ClN4OS2. The minimum absolute atomic E-state index is 0.0186. The van der Waals surface area contributed by atoms with Gasteiger partial charge >= 0.3 is 0 Å². The number of aromatic nitrogens is 2. The third-order valence-corrected chi connectivity index (χ3v) is 4.67. The molecule has 8 heteroatoms. The lowest BCUT2D eigenvalue weighted by molar-refractivity contribution is -0.120. The van der Waals surface area contributed by atoms with Gasteiger partial charge in [0.05, 0.1) is 0 Å². The van der Waals surface area contributed by atoms with Gasteiger partial charge in [0.1, 0.15) is 0 Å². The topological polar surface area (TPSA) is 80.9 Å². The largest absolute Gasteiger partial charge is 0.374 e. The van der Waals surface area contributed by atoms with Crippen LogP contribution in [-0.2, 0) is 11.3 Å². The van der Waals surface area contributed by atoms with Gasteiger partial charge in [-0.25, -0.2) is 0 Å². The molecule has 0 bridgehead atoms. The molecule has 0 aliphatic rings. The SMILES string of the molecule is Nc1nnc(SCCC(=O)NCc2ccccc2Cl)s1. The maximum Gasteiger partial charge on any atom is 0.221 e. The van der Waals surface area contributed by atoms with Crippen LogP contribution in [0.2, 0.25) is 5.02 Å². The van der Waals surface area contributed by atoms with Crippen molar-refractivity contribution in [3.63, 3.8) is 0 Å². The van der Waals surface area contributed by atoms with Crippen LogP contribution in [0.5, 0.6) is 0 Å². The molecule has 0 aliphatic heterocycles. The van der Waals surface area contributed by atoms with Crippen LogP contribution < -0.4 is 11.1 Å². The average molecular weight is 329 g/mol. The lowest BCUT2D eigenvalue weighted by atomic mass is 10.2. The maximum atomic E-state index is 11.7. The Kier molecular flexibility index (Phi) is 5.63. The molecule has 3 N–H and O–H groups in total. The average Bonchev–Trinajstić information content (AvgIpc) is 2.83. The molecule has 0 radical (unpaired) electrons. The maximum absolute atomic E-state index is 11.7. The number of anilines is 1. The van der Waals surface area contributed by atoms with E-state index >= 15 is 0 Å². The van der Waals surface area contributed by atoms with Crippen LogP contribution in [0.1, 0.15) is 12.0 Å². The van der Waals surface area contributed by atoms with Crippen molar-refractivity contribution in [3.05, 3.63) is 34.9 Å². The number of hydrogen-bond acceptors (Lipinski definition) is 6. The van der Waals surface area contributed by atoms with E-state index in [9.17, 15) is 4.79 Å².